The lowest BCUT2D eigenvalue weighted by Crippen LogP contribution is -2.36. The SMILES string of the molecule is CC(NCc1ccc(N2CCOCC2)nc1)c1ccccc1SC(C)(C)C. The number of morpholine rings is 1. The van der Waals surface area contributed by atoms with Crippen molar-refractivity contribution in [2.24, 2.45) is 0 Å². The lowest BCUT2D eigenvalue weighted by molar-refractivity contribution is 0.122. The molecule has 1 aromatic heterocycles. The van der Waals surface area contributed by atoms with Crippen molar-refractivity contribution >= 4 is 17.6 Å². The minimum absolute atomic E-state index is 0.203. The molecule has 0 radical (unpaired) electrons. The van der Waals surface area contributed by atoms with Gasteiger partial charge in [0.15, 0.2) is 0 Å². The zero-order chi connectivity index (χ0) is 19.3. The highest BCUT2D eigenvalue weighted by molar-refractivity contribution is 8.00. The van der Waals surface area contributed by atoms with Crippen LogP contribution in [0, 0.1) is 0 Å². The third-order valence-electron chi connectivity index (χ3n) is 4.56. The molecular weight excluding hydrogens is 354 g/mol. The standard InChI is InChI=1S/C22H31N3OS/c1-17(19-7-5-6-8-20(19)27-22(2,3)4)23-15-18-9-10-21(24-16-18)25-11-13-26-14-12-25/h5-10,16-17,23H,11-15H2,1-4H3. The van der Waals surface area contributed by atoms with Crippen LogP contribution in [-0.2, 0) is 11.3 Å². The summed E-state index contributed by atoms with van der Waals surface area (Å²) in [6.07, 6.45) is 1.99. The van der Waals surface area contributed by atoms with Crippen molar-refractivity contribution in [3.05, 3.63) is 53.7 Å². The molecule has 2 heterocycles. The summed E-state index contributed by atoms with van der Waals surface area (Å²) < 4.78 is 5.61. The van der Waals surface area contributed by atoms with Gasteiger partial charge in [0.1, 0.15) is 5.82 Å². The minimum atomic E-state index is 0.203. The molecule has 0 bridgehead atoms. The third kappa shape index (κ3) is 5.96. The van der Waals surface area contributed by atoms with E-state index in [9.17, 15) is 0 Å². The first-order valence-corrected chi connectivity index (χ1v) is 10.5. The van der Waals surface area contributed by atoms with Crippen LogP contribution in [0.5, 0.6) is 0 Å². The first-order chi connectivity index (χ1) is 12.9. The van der Waals surface area contributed by atoms with E-state index in [4.69, 9.17) is 4.74 Å². The smallest absolute Gasteiger partial charge is 0.128 e. The zero-order valence-corrected chi connectivity index (χ0v) is 17.7. The summed E-state index contributed by atoms with van der Waals surface area (Å²) in [6.45, 7) is 13.2. The Kier molecular flexibility index (Phi) is 6.79. The van der Waals surface area contributed by atoms with Gasteiger partial charge in [-0.2, -0.15) is 0 Å². The Morgan fingerprint density at radius 1 is 1.15 bits per heavy atom. The van der Waals surface area contributed by atoms with Crippen molar-refractivity contribution < 1.29 is 4.74 Å². The van der Waals surface area contributed by atoms with Gasteiger partial charge in [-0.05, 0) is 30.2 Å². The van der Waals surface area contributed by atoms with Crippen LogP contribution in [-0.4, -0.2) is 36.0 Å². The molecular formula is C22H31N3OS. The summed E-state index contributed by atoms with van der Waals surface area (Å²) in [5, 5.41) is 3.65. The largest absolute Gasteiger partial charge is 0.378 e. The van der Waals surface area contributed by atoms with Gasteiger partial charge in [-0.15, -0.1) is 11.8 Å². The van der Waals surface area contributed by atoms with Gasteiger partial charge in [0.05, 0.1) is 13.2 Å². The number of rotatable bonds is 6. The number of aromatic nitrogens is 1. The van der Waals surface area contributed by atoms with Crippen LogP contribution in [0.25, 0.3) is 0 Å². The second-order valence-electron chi connectivity index (χ2n) is 7.98. The lowest BCUT2D eigenvalue weighted by Gasteiger charge is -2.27. The van der Waals surface area contributed by atoms with Gasteiger partial charge in [-0.1, -0.05) is 45.0 Å². The molecule has 1 atom stereocenters. The monoisotopic (exact) mass is 385 g/mol. The number of pyridine rings is 1. The van der Waals surface area contributed by atoms with Crippen LogP contribution in [0.4, 0.5) is 5.82 Å². The molecule has 27 heavy (non-hydrogen) atoms. The van der Waals surface area contributed by atoms with Crippen LogP contribution < -0.4 is 10.2 Å². The summed E-state index contributed by atoms with van der Waals surface area (Å²) in [5.74, 6) is 1.04. The molecule has 5 heteroatoms. The van der Waals surface area contributed by atoms with Crippen molar-refractivity contribution in [1.29, 1.82) is 0 Å². The highest BCUT2D eigenvalue weighted by atomic mass is 32.2. The molecule has 0 aliphatic carbocycles. The van der Waals surface area contributed by atoms with Gasteiger partial charge in [0.25, 0.3) is 0 Å². The first-order valence-electron chi connectivity index (χ1n) is 9.71. The second-order valence-corrected chi connectivity index (χ2v) is 9.85. The molecule has 0 spiro atoms. The molecule has 146 valence electrons. The fraction of sp³-hybridized carbons (Fsp3) is 0.500. The van der Waals surface area contributed by atoms with Crippen LogP contribution >= 0.6 is 11.8 Å². The Bertz CT molecular complexity index is 721. The fourth-order valence-electron chi connectivity index (χ4n) is 3.14. The number of hydrogen-bond donors (Lipinski definition) is 1. The Morgan fingerprint density at radius 2 is 1.89 bits per heavy atom. The first kappa shape index (κ1) is 20.2. The van der Waals surface area contributed by atoms with Gasteiger partial charge >= 0.3 is 0 Å². The van der Waals surface area contributed by atoms with Crippen LogP contribution in [0.1, 0.15) is 44.9 Å². The van der Waals surface area contributed by atoms with Crippen molar-refractivity contribution in [3.8, 4) is 0 Å². The van der Waals surface area contributed by atoms with Crippen LogP contribution in [0.15, 0.2) is 47.5 Å². The molecule has 3 rings (SSSR count). The Labute approximate surface area is 167 Å². The lowest BCUT2D eigenvalue weighted by atomic mass is 10.1. The number of nitrogens with one attached hydrogen (secondary N) is 1. The molecule has 0 saturated carbocycles. The third-order valence-corrected chi connectivity index (χ3v) is 5.76. The fourth-order valence-corrected chi connectivity index (χ4v) is 4.31. The predicted octanol–water partition coefficient (Wildman–Crippen LogP) is 4.66. The second kappa shape index (κ2) is 9.09. The van der Waals surface area contributed by atoms with Crippen LogP contribution in [0.2, 0.25) is 0 Å². The maximum Gasteiger partial charge on any atom is 0.128 e. The molecule has 1 fully saturated rings. The molecule has 0 amide bonds. The summed E-state index contributed by atoms with van der Waals surface area (Å²) in [6, 6.07) is 13.3. The summed E-state index contributed by atoms with van der Waals surface area (Å²) in [5.41, 5.74) is 2.56. The minimum Gasteiger partial charge on any atom is -0.378 e. The maximum absolute atomic E-state index is 5.41. The van der Waals surface area contributed by atoms with E-state index in [0.29, 0.717) is 0 Å². The predicted molar refractivity (Wildman–Crippen MR) is 115 cm³/mol. The van der Waals surface area contributed by atoms with Crippen molar-refractivity contribution in [2.75, 3.05) is 31.2 Å². The van der Waals surface area contributed by atoms with Crippen molar-refractivity contribution in [1.82, 2.24) is 10.3 Å². The van der Waals surface area contributed by atoms with E-state index >= 15 is 0 Å². The number of ether oxygens (including phenoxy) is 1. The van der Waals surface area contributed by atoms with Gasteiger partial charge in [0.2, 0.25) is 0 Å². The van der Waals surface area contributed by atoms with Crippen molar-refractivity contribution in [2.45, 2.75) is 49.9 Å². The molecule has 1 N–H and O–H groups in total. The van der Waals surface area contributed by atoms with E-state index in [0.717, 1.165) is 38.7 Å². The summed E-state index contributed by atoms with van der Waals surface area (Å²) in [7, 11) is 0. The molecule has 1 unspecified atom stereocenters. The van der Waals surface area contributed by atoms with Crippen LogP contribution in [0.3, 0.4) is 0 Å². The molecule has 2 aromatic rings. The van der Waals surface area contributed by atoms with Crippen molar-refractivity contribution in [3.63, 3.8) is 0 Å². The molecule has 4 nitrogen and oxygen atoms in total. The Hall–Kier alpha value is -1.56. The molecule has 1 aromatic carbocycles. The zero-order valence-electron chi connectivity index (χ0n) is 16.9. The Morgan fingerprint density at radius 3 is 2.56 bits per heavy atom. The van der Waals surface area contributed by atoms with Gasteiger partial charge < -0.3 is 15.0 Å². The van der Waals surface area contributed by atoms with E-state index in [2.05, 4.69) is 79.3 Å². The number of hydrogen-bond acceptors (Lipinski definition) is 5. The van der Waals surface area contributed by atoms with E-state index < -0.39 is 0 Å². The van der Waals surface area contributed by atoms with E-state index in [1.54, 1.807) is 0 Å². The van der Waals surface area contributed by atoms with Gasteiger partial charge in [0, 0.05) is 41.5 Å². The average molecular weight is 386 g/mol. The normalized spacial score (nSPS) is 16.4. The average Bonchev–Trinajstić information content (AvgIpc) is 2.66. The number of anilines is 1. The highest BCUT2D eigenvalue weighted by Gasteiger charge is 2.17. The summed E-state index contributed by atoms with van der Waals surface area (Å²) in [4.78, 5) is 8.28. The molecule has 1 saturated heterocycles. The maximum atomic E-state index is 5.41. The topological polar surface area (TPSA) is 37.4 Å². The van der Waals surface area contributed by atoms with E-state index in [1.165, 1.54) is 16.0 Å². The summed E-state index contributed by atoms with van der Waals surface area (Å²) >= 11 is 1.93. The Balaban J connectivity index is 1.60. The quantitative estimate of drug-likeness (QED) is 0.732. The molecule has 1 aliphatic heterocycles. The van der Waals surface area contributed by atoms with Gasteiger partial charge in [-0.25, -0.2) is 4.98 Å². The van der Waals surface area contributed by atoms with Gasteiger partial charge in [-0.3, -0.25) is 0 Å². The molecule has 1 aliphatic rings. The number of benzene rings is 1. The van der Waals surface area contributed by atoms with E-state index in [-0.39, 0.29) is 10.8 Å². The number of thioether (sulfide) groups is 1. The highest BCUT2D eigenvalue weighted by Crippen LogP contribution is 2.36. The number of nitrogens with zero attached hydrogens (tertiary/aromatic N) is 2. The van der Waals surface area contributed by atoms with E-state index in [1.807, 2.05) is 18.0 Å².